The molecule has 3 rings (SSSR count). The van der Waals surface area contributed by atoms with Gasteiger partial charge in [-0.2, -0.15) is 0 Å². The number of benzene rings is 2. The van der Waals surface area contributed by atoms with E-state index in [-0.39, 0.29) is 18.1 Å². The molecule has 0 aromatic heterocycles. The van der Waals surface area contributed by atoms with Crippen LogP contribution in [0.4, 0.5) is 4.39 Å². The van der Waals surface area contributed by atoms with Crippen LogP contribution in [0.3, 0.4) is 0 Å². The highest BCUT2D eigenvalue weighted by molar-refractivity contribution is 6.04. The van der Waals surface area contributed by atoms with Gasteiger partial charge in [0.1, 0.15) is 5.82 Å². The van der Waals surface area contributed by atoms with Crippen LogP contribution in [0.15, 0.2) is 66.1 Å². The van der Waals surface area contributed by atoms with Crippen molar-refractivity contribution >= 4 is 11.8 Å². The van der Waals surface area contributed by atoms with Crippen molar-refractivity contribution in [3.05, 3.63) is 83.0 Å². The van der Waals surface area contributed by atoms with Crippen LogP contribution in [0.25, 0.3) is 0 Å². The molecule has 0 spiro atoms. The van der Waals surface area contributed by atoms with Gasteiger partial charge in [-0.3, -0.25) is 19.4 Å². The topological polar surface area (TPSA) is 76.1 Å². The zero-order valence-corrected chi connectivity index (χ0v) is 17.4. The molecule has 0 aliphatic carbocycles. The smallest absolute Gasteiger partial charge is 0.294 e. The number of nitrogens with zero attached hydrogens (tertiary/aromatic N) is 3. The Kier molecular flexibility index (Phi) is 5.80. The molecule has 0 saturated carbocycles. The fraction of sp³-hybridized carbons (Fsp3) is 0.273. The van der Waals surface area contributed by atoms with Crippen LogP contribution in [-0.2, 0) is 21.9 Å². The van der Waals surface area contributed by atoms with E-state index in [1.165, 1.54) is 21.9 Å². The number of nitrogens with one attached hydrogen (secondary N) is 1. The van der Waals surface area contributed by atoms with Gasteiger partial charge in [-0.25, -0.2) is 4.39 Å². The van der Waals surface area contributed by atoms with Crippen molar-refractivity contribution in [1.29, 1.82) is 0 Å². The minimum Gasteiger partial charge on any atom is -0.501 e. The second-order valence-electron chi connectivity index (χ2n) is 7.43. The van der Waals surface area contributed by atoms with Crippen LogP contribution in [0.5, 0.6) is 0 Å². The molecule has 2 amide bonds. The Morgan fingerprint density at radius 1 is 1.10 bits per heavy atom. The molecule has 8 heteroatoms. The van der Waals surface area contributed by atoms with Crippen LogP contribution >= 0.6 is 0 Å². The highest BCUT2D eigenvalue weighted by Crippen LogP contribution is 2.33. The molecule has 1 aliphatic heterocycles. The molecule has 1 unspecified atom stereocenters. The van der Waals surface area contributed by atoms with Gasteiger partial charge in [-0.1, -0.05) is 42.5 Å². The third-order valence-corrected chi connectivity index (χ3v) is 5.25. The van der Waals surface area contributed by atoms with E-state index in [9.17, 15) is 19.1 Å². The van der Waals surface area contributed by atoms with E-state index in [0.717, 1.165) is 5.56 Å². The van der Waals surface area contributed by atoms with Gasteiger partial charge in [0.25, 0.3) is 11.8 Å². The Morgan fingerprint density at radius 2 is 1.70 bits per heavy atom. The summed E-state index contributed by atoms with van der Waals surface area (Å²) in [6, 6.07) is 15.0. The van der Waals surface area contributed by atoms with Crippen molar-refractivity contribution in [3.8, 4) is 0 Å². The average Bonchev–Trinajstić information content (AvgIpc) is 2.74. The maximum absolute atomic E-state index is 13.2. The summed E-state index contributed by atoms with van der Waals surface area (Å²) >= 11 is 0. The molecule has 158 valence electrons. The zero-order valence-electron chi connectivity index (χ0n) is 17.4. The van der Waals surface area contributed by atoms with Crippen molar-refractivity contribution in [2.45, 2.75) is 12.3 Å². The van der Waals surface area contributed by atoms with Crippen molar-refractivity contribution in [3.63, 3.8) is 0 Å². The Balaban J connectivity index is 1.98. The summed E-state index contributed by atoms with van der Waals surface area (Å²) in [6.45, 7) is 0.182. The van der Waals surface area contributed by atoms with E-state index >= 15 is 0 Å². The molecule has 2 aromatic rings. The van der Waals surface area contributed by atoms with Crippen molar-refractivity contribution < 1.29 is 19.1 Å². The van der Waals surface area contributed by atoms with Gasteiger partial charge in [0.2, 0.25) is 5.76 Å². The Labute approximate surface area is 175 Å². The molecule has 1 atom stereocenters. The van der Waals surface area contributed by atoms with Gasteiger partial charge in [-0.15, -0.1) is 0 Å². The molecule has 1 heterocycles. The molecule has 30 heavy (non-hydrogen) atoms. The van der Waals surface area contributed by atoms with Crippen LogP contribution < -0.4 is 5.32 Å². The minimum atomic E-state index is -1.17. The highest BCUT2D eigenvalue weighted by Gasteiger charge is 2.49. The fourth-order valence-corrected chi connectivity index (χ4v) is 3.62. The molecule has 2 N–H and O–H groups in total. The molecule has 0 fully saturated rings. The molecular formula is C22H25FN4O3. The summed E-state index contributed by atoms with van der Waals surface area (Å²) in [5.74, 6) is -3.42. The van der Waals surface area contributed by atoms with E-state index < -0.39 is 23.4 Å². The second-order valence-corrected chi connectivity index (χ2v) is 7.43. The molecule has 7 nitrogen and oxygen atoms in total. The maximum Gasteiger partial charge on any atom is 0.294 e. The summed E-state index contributed by atoms with van der Waals surface area (Å²) in [4.78, 5) is 30.5. The first-order chi connectivity index (χ1) is 14.2. The third kappa shape index (κ3) is 3.61. The molecule has 0 bridgehead atoms. The van der Waals surface area contributed by atoms with Gasteiger partial charge >= 0.3 is 0 Å². The van der Waals surface area contributed by atoms with Gasteiger partial charge in [0, 0.05) is 26.2 Å². The number of halogens is 1. The molecule has 0 saturated heterocycles. The summed E-state index contributed by atoms with van der Waals surface area (Å²) < 4.78 is 13.1. The predicted molar refractivity (Wildman–Crippen MR) is 110 cm³/mol. The van der Waals surface area contributed by atoms with Crippen LogP contribution in [0.1, 0.15) is 11.1 Å². The fourth-order valence-electron chi connectivity index (χ4n) is 3.62. The Morgan fingerprint density at radius 3 is 2.27 bits per heavy atom. The number of aliphatic hydroxyl groups excluding tert-OH is 1. The Hall–Kier alpha value is -3.39. The zero-order chi connectivity index (χ0) is 22.1. The first kappa shape index (κ1) is 21.3. The minimum absolute atomic E-state index is 0.182. The van der Waals surface area contributed by atoms with Gasteiger partial charge < -0.3 is 15.3 Å². The van der Waals surface area contributed by atoms with E-state index in [0.29, 0.717) is 5.56 Å². The molecule has 0 radical (unpaired) electrons. The van der Waals surface area contributed by atoms with E-state index in [1.54, 1.807) is 45.2 Å². The average molecular weight is 412 g/mol. The number of carbonyl (C=O) groups is 2. The summed E-state index contributed by atoms with van der Waals surface area (Å²) in [6.07, 6.45) is 0. The lowest BCUT2D eigenvalue weighted by atomic mass is 10.0. The number of rotatable bonds is 5. The van der Waals surface area contributed by atoms with Crippen LogP contribution in [0.2, 0.25) is 0 Å². The van der Waals surface area contributed by atoms with Gasteiger partial charge in [0.15, 0.2) is 11.5 Å². The Bertz CT molecular complexity index is 976. The monoisotopic (exact) mass is 412 g/mol. The second kappa shape index (κ2) is 8.16. The number of aliphatic hydroxyl groups is 1. The van der Waals surface area contributed by atoms with Crippen LogP contribution in [-0.4, -0.2) is 59.8 Å². The van der Waals surface area contributed by atoms with Crippen molar-refractivity contribution in [2.24, 2.45) is 0 Å². The van der Waals surface area contributed by atoms with E-state index in [4.69, 9.17) is 0 Å². The van der Waals surface area contributed by atoms with Crippen molar-refractivity contribution in [2.75, 3.05) is 28.2 Å². The highest BCUT2D eigenvalue weighted by atomic mass is 19.1. The van der Waals surface area contributed by atoms with Gasteiger partial charge in [0.05, 0.1) is 0 Å². The quantitative estimate of drug-likeness (QED) is 0.786. The third-order valence-electron chi connectivity index (χ3n) is 5.25. The number of likely N-dealkylation sites (N-methyl/N-ethyl adjacent to an activating group) is 2. The standard InChI is InChI=1S/C22H25FN4O3/c1-25(2)22(16-8-6-5-7-9-16)24-18(19(28)21(30)27(22)4)20(29)26(3)14-15-10-12-17(23)13-11-15/h5-13,24,28H,14H2,1-4H3. The number of carbonyl (C=O) groups excluding carboxylic acids is 2. The predicted octanol–water partition coefficient (Wildman–Crippen LogP) is 1.99. The SMILES string of the molecule is CN(Cc1ccc(F)cc1)C(=O)C1=C(O)C(=O)N(C)C(c2ccccc2)(N(C)C)N1. The summed E-state index contributed by atoms with van der Waals surface area (Å²) in [5.41, 5.74) is 1.25. The van der Waals surface area contributed by atoms with Gasteiger partial charge in [-0.05, 0) is 31.8 Å². The lowest BCUT2D eigenvalue weighted by molar-refractivity contribution is -0.151. The lowest BCUT2D eigenvalue weighted by Gasteiger charge is -2.50. The largest absolute Gasteiger partial charge is 0.501 e. The number of hydrogen-bond donors (Lipinski definition) is 2. The van der Waals surface area contributed by atoms with E-state index in [2.05, 4.69) is 5.32 Å². The first-order valence-electron chi connectivity index (χ1n) is 9.41. The van der Waals surface area contributed by atoms with Crippen LogP contribution in [0, 0.1) is 5.82 Å². The van der Waals surface area contributed by atoms with E-state index in [1.807, 2.05) is 30.3 Å². The maximum atomic E-state index is 13.2. The normalized spacial score (nSPS) is 19.1. The first-order valence-corrected chi connectivity index (χ1v) is 9.41. The summed E-state index contributed by atoms with van der Waals surface area (Å²) in [5, 5.41) is 13.6. The number of hydrogen-bond acceptors (Lipinski definition) is 5. The lowest BCUT2D eigenvalue weighted by Crippen LogP contribution is -2.68. The molecular weight excluding hydrogens is 387 g/mol. The van der Waals surface area contributed by atoms with Crippen molar-refractivity contribution in [1.82, 2.24) is 20.0 Å². The summed E-state index contributed by atoms with van der Waals surface area (Å²) in [7, 11) is 6.66. The number of amides is 2. The molecule has 2 aromatic carbocycles. The molecule has 1 aliphatic rings.